The Kier molecular flexibility index (Phi) is 6.57. The maximum Gasteiger partial charge on any atom is 0.324 e. The van der Waals surface area contributed by atoms with Crippen molar-refractivity contribution in [3.8, 4) is 0 Å². The zero-order chi connectivity index (χ0) is 19.9. The van der Waals surface area contributed by atoms with Gasteiger partial charge in [0, 0.05) is 38.1 Å². The molecule has 1 aromatic carbocycles. The third-order valence-electron chi connectivity index (χ3n) is 4.93. The van der Waals surface area contributed by atoms with Gasteiger partial charge in [0.25, 0.3) is 5.91 Å². The number of nitrogens with zero attached hydrogens (tertiary/aromatic N) is 4. The number of hydrazine groups is 1. The quantitative estimate of drug-likeness (QED) is 0.464. The van der Waals surface area contributed by atoms with Crippen LogP contribution in [-0.2, 0) is 6.54 Å². The first kappa shape index (κ1) is 19.8. The third-order valence-corrected chi connectivity index (χ3v) is 4.93. The SMILES string of the molecule is CCN1CCN(C(=O)N(Cc2ccc(C(=O)NN)cn2)c2ccccc2)CC1. The number of nitrogens with one attached hydrogen (secondary N) is 1. The molecule has 0 bridgehead atoms. The van der Waals surface area contributed by atoms with E-state index in [1.165, 1.54) is 6.20 Å². The van der Waals surface area contributed by atoms with Crippen LogP contribution in [-0.4, -0.2) is 59.4 Å². The lowest BCUT2D eigenvalue weighted by molar-refractivity contribution is 0.0953. The van der Waals surface area contributed by atoms with Gasteiger partial charge in [0.15, 0.2) is 0 Å². The Hall–Kier alpha value is -2.97. The first-order valence-corrected chi connectivity index (χ1v) is 9.42. The van der Waals surface area contributed by atoms with Crippen molar-refractivity contribution in [1.82, 2.24) is 20.2 Å². The summed E-state index contributed by atoms with van der Waals surface area (Å²) in [6.07, 6.45) is 1.46. The number of aromatic nitrogens is 1. The predicted molar refractivity (Wildman–Crippen MR) is 108 cm³/mol. The smallest absolute Gasteiger partial charge is 0.322 e. The van der Waals surface area contributed by atoms with Crippen LogP contribution in [0.4, 0.5) is 10.5 Å². The van der Waals surface area contributed by atoms with E-state index in [2.05, 4.69) is 22.2 Å². The molecule has 0 radical (unpaired) electrons. The molecule has 1 saturated heterocycles. The molecule has 0 saturated carbocycles. The summed E-state index contributed by atoms with van der Waals surface area (Å²) in [5.74, 6) is 4.75. The highest BCUT2D eigenvalue weighted by atomic mass is 16.2. The van der Waals surface area contributed by atoms with Crippen molar-refractivity contribution in [1.29, 1.82) is 0 Å². The van der Waals surface area contributed by atoms with Gasteiger partial charge in [-0.05, 0) is 30.8 Å². The largest absolute Gasteiger partial charge is 0.324 e. The van der Waals surface area contributed by atoms with Crippen molar-refractivity contribution < 1.29 is 9.59 Å². The second-order valence-corrected chi connectivity index (χ2v) is 6.64. The van der Waals surface area contributed by atoms with Crippen LogP contribution >= 0.6 is 0 Å². The second kappa shape index (κ2) is 9.29. The molecule has 0 spiro atoms. The zero-order valence-electron chi connectivity index (χ0n) is 16.0. The molecule has 0 aliphatic carbocycles. The minimum absolute atomic E-state index is 0.0347. The number of benzene rings is 1. The normalized spacial score (nSPS) is 14.6. The molecule has 3 amide bonds. The van der Waals surface area contributed by atoms with Gasteiger partial charge in [-0.25, -0.2) is 10.6 Å². The molecular weight excluding hydrogens is 356 g/mol. The Bertz CT molecular complexity index is 788. The van der Waals surface area contributed by atoms with Crippen molar-refractivity contribution in [2.75, 3.05) is 37.6 Å². The second-order valence-electron chi connectivity index (χ2n) is 6.64. The lowest BCUT2D eigenvalue weighted by Gasteiger charge is -2.37. The molecule has 8 nitrogen and oxygen atoms in total. The first-order chi connectivity index (χ1) is 13.6. The highest BCUT2D eigenvalue weighted by Gasteiger charge is 2.26. The standard InChI is InChI=1S/C20H26N6O2/c1-2-24-10-12-25(13-11-24)20(28)26(18-6-4-3-5-7-18)15-17-9-8-16(14-22-17)19(27)23-21/h3-9,14H,2,10-13,15,21H2,1H3,(H,23,27). The number of carbonyl (C=O) groups excluding carboxylic acids is 2. The molecule has 1 aromatic heterocycles. The highest BCUT2D eigenvalue weighted by molar-refractivity contribution is 5.93. The van der Waals surface area contributed by atoms with E-state index in [1.54, 1.807) is 17.0 Å². The van der Waals surface area contributed by atoms with E-state index in [0.29, 0.717) is 30.9 Å². The minimum atomic E-state index is -0.399. The lowest BCUT2D eigenvalue weighted by Crippen LogP contribution is -2.52. The molecule has 0 atom stereocenters. The molecule has 2 aromatic rings. The van der Waals surface area contributed by atoms with Gasteiger partial charge in [-0.15, -0.1) is 0 Å². The molecule has 1 aliphatic rings. The number of nitrogen functional groups attached to an aromatic ring is 1. The van der Waals surface area contributed by atoms with Crippen LogP contribution in [0.2, 0.25) is 0 Å². The Morgan fingerprint density at radius 1 is 1.11 bits per heavy atom. The Balaban J connectivity index is 1.78. The van der Waals surface area contributed by atoms with Crippen molar-refractivity contribution >= 4 is 17.6 Å². The summed E-state index contributed by atoms with van der Waals surface area (Å²) < 4.78 is 0. The van der Waals surface area contributed by atoms with Gasteiger partial charge in [0.05, 0.1) is 17.8 Å². The third kappa shape index (κ3) is 4.65. The summed E-state index contributed by atoms with van der Waals surface area (Å²) in [6, 6.07) is 12.9. The van der Waals surface area contributed by atoms with E-state index >= 15 is 0 Å². The fourth-order valence-corrected chi connectivity index (χ4v) is 3.20. The van der Waals surface area contributed by atoms with E-state index in [4.69, 9.17) is 5.84 Å². The number of hydrogen-bond acceptors (Lipinski definition) is 5. The van der Waals surface area contributed by atoms with Gasteiger partial charge in [0.1, 0.15) is 0 Å². The number of likely N-dealkylation sites (N-methyl/N-ethyl adjacent to an activating group) is 1. The van der Waals surface area contributed by atoms with E-state index in [1.807, 2.05) is 35.2 Å². The van der Waals surface area contributed by atoms with Gasteiger partial charge < -0.3 is 9.80 Å². The fraction of sp³-hybridized carbons (Fsp3) is 0.350. The molecule has 8 heteroatoms. The average molecular weight is 382 g/mol. The van der Waals surface area contributed by atoms with Gasteiger partial charge in [-0.1, -0.05) is 25.1 Å². The zero-order valence-corrected chi connectivity index (χ0v) is 16.0. The van der Waals surface area contributed by atoms with E-state index in [-0.39, 0.29) is 6.03 Å². The number of amides is 3. The van der Waals surface area contributed by atoms with E-state index in [9.17, 15) is 9.59 Å². The maximum atomic E-state index is 13.2. The van der Waals surface area contributed by atoms with Gasteiger partial charge in [-0.2, -0.15) is 0 Å². The van der Waals surface area contributed by atoms with Crippen LogP contribution in [0.5, 0.6) is 0 Å². The average Bonchev–Trinajstić information content (AvgIpc) is 2.77. The summed E-state index contributed by atoms with van der Waals surface area (Å²) in [6.45, 7) is 6.63. The lowest BCUT2D eigenvalue weighted by atomic mass is 10.2. The van der Waals surface area contributed by atoms with Gasteiger partial charge in [-0.3, -0.25) is 20.1 Å². The van der Waals surface area contributed by atoms with E-state index in [0.717, 1.165) is 25.3 Å². The van der Waals surface area contributed by atoms with Crippen molar-refractivity contribution in [2.45, 2.75) is 13.5 Å². The Morgan fingerprint density at radius 3 is 2.39 bits per heavy atom. The van der Waals surface area contributed by atoms with Crippen molar-refractivity contribution in [3.63, 3.8) is 0 Å². The number of anilines is 1. The summed E-state index contributed by atoms with van der Waals surface area (Å²) in [5.41, 5.74) is 3.97. The molecule has 1 aliphatic heterocycles. The maximum absolute atomic E-state index is 13.2. The number of piperazine rings is 1. The molecule has 2 heterocycles. The Morgan fingerprint density at radius 2 is 1.82 bits per heavy atom. The van der Waals surface area contributed by atoms with E-state index < -0.39 is 5.91 Å². The number of pyridine rings is 1. The molecule has 1 fully saturated rings. The summed E-state index contributed by atoms with van der Waals surface area (Å²) in [7, 11) is 0. The van der Waals surface area contributed by atoms with Crippen LogP contribution in [0.3, 0.4) is 0 Å². The van der Waals surface area contributed by atoms with Crippen LogP contribution in [0.15, 0.2) is 48.7 Å². The molecular formula is C20H26N6O2. The van der Waals surface area contributed by atoms with Gasteiger partial charge >= 0.3 is 6.03 Å². The van der Waals surface area contributed by atoms with Crippen LogP contribution in [0.25, 0.3) is 0 Å². The van der Waals surface area contributed by atoms with Gasteiger partial charge in [0.2, 0.25) is 0 Å². The van der Waals surface area contributed by atoms with Crippen LogP contribution in [0.1, 0.15) is 23.0 Å². The fourth-order valence-electron chi connectivity index (χ4n) is 3.20. The number of rotatable bonds is 5. The number of nitrogens with two attached hydrogens (primary N) is 1. The van der Waals surface area contributed by atoms with Crippen molar-refractivity contribution in [2.24, 2.45) is 5.84 Å². The highest BCUT2D eigenvalue weighted by Crippen LogP contribution is 2.19. The molecule has 3 rings (SSSR count). The first-order valence-electron chi connectivity index (χ1n) is 9.42. The number of urea groups is 1. The molecule has 148 valence electrons. The van der Waals surface area contributed by atoms with Crippen molar-refractivity contribution in [3.05, 3.63) is 59.9 Å². The Labute approximate surface area is 164 Å². The molecule has 28 heavy (non-hydrogen) atoms. The minimum Gasteiger partial charge on any atom is -0.322 e. The summed E-state index contributed by atoms with van der Waals surface area (Å²) in [4.78, 5) is 35.1. The summed E-state index contributed by atoms with van der Waals surface area (Å²) in [5, 5.41) is 0. The summed E-state index contributed by atoms with van der Waals surface area (Å²) >= 11 is 0. The monoisotopic (exact) mass is 382 g/mol. The van der Waals surface area contributed by atoms with Crippen LogP contribution < -0.4 is 16.2 Å². The molecule has 3 N–H and O–H groups in total. The van der Waals surface area contributed by atoms with Crippen LogP contribution in [0, 0.1) is 0 Å². The number of para-hydroxylation sites is 1. The predicted octanol–water partition coefficient (Wildman–Crippen LogP) is 1.45. The topological polar surface area (TPSA) is 94.8 Å². The number of carbonyl (C=O) groups is 2. The molecule has 0 unspecified atom stereocenters. The number of hydrogen-bond donors (Lipinski definition) is 2.